The molecule has 3 aromatic heterocycles. The van der Waals surface area contributed by atoms with E-state index >= 15 is 0 Å². The number of likely N-dealkylation sites (N-methyl/N-ethyl adjacent to an activating group) is 1. The lowest BCUT2D eigenvalue weighted by Crippen LogP contribution is -2.45. The quantitative estimate of drug-likeness (QED) is 0.402. The molecule has 1 N–H and O–H groups in total. The lowest BCUT2D eigenvalue weighted by molar-refractivity contribution is 0.389. The Balaban J connectivity index is 1.45. The molecular weight excluding hydrogens is 444 g/mol. The Bertz CT molecular complexity index is 1230. The van der Waals surface area contributed by atoms with E-state index in [4.69, 9.17) is 11.6 Å². The second kappa shape index (κ2) is 9.98. The number of nitrogens with one attached hydrogen (secondary N) is 1. The number of aromatic nitrogens is 5. The van der Waals surface area contributed by atoms with Crippen molar-refractivity contribution in [2.45, 2.75) is 25.4 Å². The van der Waals surface area contributed by atoms with E-state index in [9.17, 15) is 9.59 Å². The second-order valence-corrected chi connectivity index (χ2v) is 9.06. The molecule has 0 aliphatic carbocycles. The number of hydrogen-bond donors (Lipinski definition) is 1. The standard InChI is InChI=1S/C22H29ClN8O2/c1-28(2)9-6-24-11-15-12-26-22(27-13-15)30-7-4-17(5-8-30)31-19-18(10-16(23)14-25-19)29(3)20(32)21(31)33/h10,12-14,17,24H,4-9,11H2,1-3H3. The van der Waals surface area contributed by atoms with E-state index < -0.39 is 11.1 Å². The van der Waals surface area contributed by atoms with E-state index in [1.54, 1.807) is 13.1 Å². The Morgan fingerprint density at radius 3 is 2.45 bits per heavy atom. The summed E-state index contributed by atoms with van der Waals surface area (Å²) in [4.78, 5) is 43.0. The van der Waals surface area contributed by atoms with Crippen LogP contribution in [0.2, 0.25) is 5.02 Å². The number of pyridine rings is 1. The van der Waals surface area contributed by atoms with Gasteiger partial charge in [0, 0.05) is 70.0 Å². The third-order valence-electron chi connectivity index (χ3n) is 5.98. The zero-order chi connectivity index (χ0) is 23.5. The van der Waals surface area contributed by atoms with Crippen LogP contribution in [0.3, 0.4) is 0 Å². The maximum absolute atomic E-state index is 12.8. The van der Waals surface area contributed by atoms with E-state index in [0.29, 0.717) is 48.1 Å². The first-order valence-corrected chi connectivity index (χ1v) is 11.4. The predicted octanol–water partition coefficient (Wildman–Crippen LogP) is 1.03. The van der Waals surface area contributed by atoms with Crippen LogP contribution in [0.15, 0.2) is 34.2 Å². The largest absolute Gasteiger partial charge is 0.341 e. The summed E-state index contributed by atoms with van der Waals surface area (Å²) in [6.07, 6.45) is 6.57. The molecule has 4 heterocycles. The van der Waals surface area contributed by atoms with Crippen LogP contribution in [0.1, 0.15) is 24.4 Å². The van der Waals surface area contributed by atoms with Crippen molar-refractivity contribution in [3.05, 3.63) is 56.0 Å². The minimum atomic E-state index is -0.577. The van der Waals surface area contributed by atoms with E-state index in [0.717, 1.165) is 25.2 Å². The summed E-state index contributed by atoms with van der Waals surface area (Å²) in [5.74, 6) is 0.677. The molecule has 0 amide bonds. The molecule has 1 saturated heterocycles. The Morgan fingerprint density at radius 2 is 1.79 bits per heavy atom. The van der Waals surface area contributed by atoms with E-state index in [1.165, 1.54) is 15.3 Å². The lowest BCUT2D eigenvalue weighted by Gasteiger charge is -2.33. The maximum Gasteiger partial charge on any atom is 0.318 e. The van der Waals surface area contributed by atoms with Crippen molar-refractivity contribution >= 4 is 28.7 Å². The van der Waals surface area contributed by atoms with Gasteiger partial charge in [0.2, 0.25) is 5.95 Å². The van der Waals surface area contributed by atoms with Gasteiger partial charge in [-0.15, -0.1) is 0 Å². The maximum atomic E-state index is 12.8. The van der Waals surface area contributed by atoms with Gasteiger partial charge in [-0.05, 0) is 33.0 Å². The van der Waals surface area contributed by atoms with Crippen LogP contribution in [-0.4, -0.2) is 69.3 Å². The van der Waals surface area contributed by atoms with Gasteiger partial charge in [-0.25, -0.2) is 15.0 Å². The molecule has 0 atom stereocenters. The highest BCUT2D eigenvalue weighted by molar-refractivity contribution is 6.31. The Morgan fingerprint density at radius 1 is 1.09 bits per heavy atom. The fraction of sp³-hybridized carbons (Fsp3) is 0.500. The van der Waals surface area contributed by atoms with Gasteiger partial charge in [-0.3, -0.25) is 14.2 Å². The molecule has 0 bridgehead atoms. The molecular formula is C22H29ClN8O2. The van der Waals surface area contributed by atoms with Gasteiger partial charge < -0.3 is 19.7 Å². The minimum Gasteiger partial charge on any atom is -0.341 e. The second-order valence-electron chi connectivity index (χ2n) is 8.63. The summed E-state index contributed by atoms with van der Waals surface area (Å²) in [5, 5.41) is 3.80. The van der Waals surface area contributed by atoms with Crippen LogP contribution in [0, 0.1) is 0 Å². The molecule has 0 aromatic carbocycles. The fourth-order valence-corrected chi connectivity index (χ4v) is 4.26. The lowest BCUT2D eigenvalue weighted by atomic mass is 10.0. The van der Waals surface area contributed by atoms with Gasteiger partial charge in [0.25, 0.3) is 0 Å². The third-order valence-corrected chi connectivity index (χ3v) is 6.19. The van der Waals surface area contributed by atoms with Gasteiger partial charge in [-0.1, -0.05) is 11.6 Å². The van der Waals surface area contributed by atoms with Crippen molar-refractivity contribution < 1.29 is 0 Å². The van der Waals surface area contributed by atoms with Crippen molar-refractivity contribution in [3.8, 4) is 0 Å². The number of rotatable bonds is 7. The SMILES string of the molecule is CN(C)CCNCc1cnc(N2CCC(n3c(=O)c(=O)n(C)c4cc(Cl)cnc43)CC2)nc1. The number of piperidine rings is 1. The van der Waals surface area contributed by atoms with E-state index in [1.807, 2.05) is 26.5 Å². The van der Waals surface area contributed by atoms with Crippen LogP contribution >= 0.6 is 11.6 Å². The predicted molar refractivity (Wildman–Crippen MR) is 129 cm³/mol. The average Bonchev–Trinajstić information content (AvgIpc) is 2.82. The van der Waals surface area contributed by atoms with Crippen molar-refractivity contribution in [3.63, 3.8) is 0 Å². The summed E-state index contributed by atoms with van der Waals surface area (Å²) >= 11 is 6.08. The number of aryl methyl sites for hydroxylation is 1. The summed E-state index contributed by atoms with van der Waals surface area (Å²) in [6.45, 7) is 3.97. The van der Waals surface area contributed by atoms with Gasteiger partial charge in [0.15, 0.2) is 5.65 Å². The summed E-state index contributed by atoms with van der Waals surface area (Å²) in [7, 11) is 5.66. The first kappa shape index (κ1) is 23.3. The molecule has 33 heavy (non-hydrogen) atoms. The van der Waals surface area contributed by atoms with Gasteiger partial charge in [0.05, 0.1) is 10.5 Å². The van der Waals surface area contributed by atoms with Gasteiger partial charge >= 0.3 is 11.1 Å². The van der Waals surface area contributed by atoms with Crippen LogP contribution < -0.4 is 21.3 Å². The third kappa shape index (κ3) is 5.07. The van der Waals surface area contributed by atoms with Crippen LogP contribution in [0.4, 0.5) is 5.95 Å². The molecule has 1 aliphatic rings. The van der Waals surface area contributed by atoms with Gasteiger partial charge in [0.1, 0.15) is 0 Å². The van der Waals surface area contributed by atoms with Crippen LogP contribution in [0.5, 0.6) is 0 Å². The van der Waals surface area contributed by atoms with Crippen molar-refractivity contribution in [2.75, 3.05) is 45.2 Å². The van der Waals surface area contributed by atoms with Crippen molar-refractivity contribution in [1.29, 1.82) is 0 Å². The molecule has 0 radical (unpaired) electrons. The molecule has 1 aliphatic heterocycles. The van der Waals surface area contributed by atoms with E-state index in [2.05, 4.69) is 30.1 Å². The molecule has 11 heteroatoms. The highest BCUT2D eigenvalue weighted by Crippen LogP contribution is 2.26. The summed E-state index contributed by atoms with van der Waals surface area (Å²) < 4.78 is 2.85. The average molecular weight is 473 g/mol. The minimum absolute atomic E-state index is 0.126. The Hall–Kier alpha value is -2.82. The normalized spacial score (nSPS) is 15.0. The smallest absolute Gasteiger partial charge is 0.318 e. The summed E-state index contributed by atoms with van der Waals surface area (Å²) in [5.41, 5.74) is 0.933. The highest BCUT2D eigenvalue weighted by atomic mass is 35.5. The molecule has 0 spiro atoms. The molecule has 10 nitrogen and oxygen atoms in total. The number of hydrogen-bond acceptors (Lipinski definition) is 8. The van der Waals surface area contributed by atoms with Crippen LogP contribution in [-0.2, 0) is 13.6 Å². The molecule has 0 unspecified atom stereocenters. The number of nitrogens with zero attached hydrogens (tertiary/aromatic N) is 7. The summed E-state index contributed by atoms with van der Waals surface area (Å²) in [6, 6.07) is 1.54. The first-order valence-electron chi connectivity index (χ1n) is 11.0. The topological polar surface area (TPSA) is 101 Å². The molecule has 0 saturated carbocycles. The molecule has 1 fully saturated rings. The number of anilines is 1. The van der Waals surface area contributed by atoms with Gasteiger partial charge in [-0.2, -0.15) is 0 Å². The molecule has 176 valence electrons. The first-order chi connectivity index (χ1) is 15.8. The number of halogens is 1. The van der Waals surface area contributed by atoms with E-state index in [-0.39, 0.29) is 6.04 Å². The zero-order valence-electron chi connectivity index (χ0n) is 19.2. The van der Waals surface area contributed by atoms with Crippen molar-refractivity contribution in [1.82, 2.24) is 34.3 Å². The Kier molecular flexibility index (Phi) is 7.06. The Labute approximate surface area is 196 Å². The molecule has 3 aromatic rings. The van der Waals surface area contributed by atoms with Crippen LogP contribution in [0.25, 0.3) is 11.2 Å². The monoisotopic (exact) mass is 472 g/mol. The molecule has 4 rings (SSSR count). The highest BCUT2D eigenvalue weighted by Gasteiger charge is 2.26. The van der Waals surface area contributed by atoms with Crippen molar-refractivity contribution in [2.24, 2.45) is 7.05 Å². The fourth-order valence-electron chi connectivity index (χ4n) is 4.11. The zero-order valence-corrected chi connectivity index (χ0v) is 19.9. The number of fused-ring (bicyclic) bond motifs is 1.